The summed E-state index contributed by atoms with van der Waals surface area (Å²) in [6.07, 6.45) is 1.68. The molecule has 0 aliphatic rings. The number of thiophene rings is 1. The topological polar surface area (TPSA) is 20.2 Å². The van der Waals surface area contributed by atoms with Crippen LogP contribution in [0.4, 0.5) is 0 Å². The molecule has 0 bridgehead atoms. The van der Waals surface area contributed by atoms with E-state index in [4.69, 9.17) is 11.6 Å². The molecule has 0 spiro atoms. The number of aliphatic hydroxyl groups excluding tert-OH is 1. The molecular weight excluding hydrogens is 332 g/mol. The smallest absolute Gasteiger partial charge is 0.0465 e. The van der Waals surface area contributed by atoms with Gasteiger partial charge >= 0.3 is 0 Å². The molecule has 1 N–H and O–H groups in total. The fourth-order valence-corrected chi connectivity index (χ4v) is 3.75. The largest absolute Gasteiger partial charge is 0.396 e. The Labute approximate surface area is 125 Å². The molecule has 1 atom stereocenters. The van der Waals surface area contributed by atoms with Crippen LogP contribution in [0.2, 0.25) is 5.02 Å². The second-order valence-electron chi connectivity index (χ2n) is 4.24. The molecule has 0 amide bonds. The lowest BCUT2D eigenvalue weighted by Crippen LogP contribution is -2.12. The predicted molar refractivity (Wildman–Crippen MR) is 81.5 cm³/mol. The summed E-state index contributed by atoms with van der Waals surface area (Å²) in [6, 6.07) is 9.87. The van der Waals surface area contributed by atoms with Crippen LogP contribution in [0.3, 0.4) is 0 Å². The van der Waals surface area contributed by atoms with Crippen LogP contribution in [0.25, 0.3) is 0 Å². The first-order chi connectivity index (χ1) is 8.70. The van der Waals surface area contributed by atoms with Gasteiger partial charge < -0.3 is 5.11 Å². The van der Waals surface area contributed by atoms with Crippen molar-refractivity contribution in [3.8, 4) is 0 Å². The lowest BCUT2D eigenvalue weighted by atomic mass is 9.96. The molecule has 1 aromatic carbocycles. The van der Waals surface area contributed by atoms with Gasteiger partial charge in [0.05, 0.1) is 0 Å². The molecule has 96 valence electrons. The van der Waals surface area contributed by atoms with E-state index in [9.17, 15) is 5.11 Å². The van der Waals surface area contributed by atoms with Crippen LogP contribution in [0, 0.1) is 5.92 Å². The summed E-state index contributed by atoms with van der Waals surface area (Å²) in [5.41, 5.74) is 1.10. The Morgan fingerprint density at radius 1 is 1.22 bits per heavy atom. The molecule has 1 nitrogen and oxygen atoms in total. The Kier molecular flexibility index (Phi) is 5.25. The van der Waals surface area contributed by atoms with E-state index in [1.165, 1.54) is 4.88 Å². The minimum absolute atomic E-state index is 0.176. The van der Waals surface area contributed by atoms with Gasteiger partial charge in [-0.1, -0.05) is 29.8 Å². The maximum atomic E-state index is 9.51. The molecule has 0 radical (unpaired) electrons. The quantitative estimate of drug-likeness (QED) is 0.842. The lowest BCUT2D eigenvalue weighted by Gasteiger charge is -2.14. The number of hydrogen-bond acceptors (Lipinski definition) is 2. The molecule has 0 fully saturated rings. The van der Waals surface area contributed by atoms with Gasteiger partial charge in [0.15, 0.2) is 0 Å². The molecule has 0 aliphatic carbocycles. The first-order valence-corrected chi connectivity index (χ1v) is 7.82. The van der Waals surface area contributed by atoms with E-state index in [1.807, 2.05) is 30.3 Å². The van der Waals surface area contributed by atoms with Crippen LogP contribution >= 0.6 is 38.9 Å². The zero-order valence-corrected chi connectivity index (χ0v) is 12.9. The normalized spacial score (nSPS) is 12.6. The first kappa shape index (κ1) is 14.1. The summed E-state index contributed by atoms with van der Waals surface area (Å²) in [4.78, 5) is 1.28. The first-order valence-electron chi connectivity index (χ1n) is 5.77. The van der Waals surface area contributed by atoms with Crippen LogP contribution in [-0.4, -0.2) is 11.7 Å². The van der Waals surface area contributed by atoms with Crippen molar-refractivity contribution in [2.75, 3.05) is 6.61 Å². The standard InChI is InChI=1S/C14H14BrClOS/c15-12-5-6-18-14(12)8-10(9-17)7-11-3-1-2-4-13(11)16/h1-6,10,17H,7-9H2. The van der Waals surface area contributed by atoms with Crippen molar-refractivity contribution < 1.29 is 5.11 Å². The minimum Gasteiger partial charge on any atom is -0.396 e. The average molecular weight is 346 g/mol. The van der Waals surface area contributed by atoms with E-state index >= 15 is 0 Å². The van der Waals surface area contributed by atoms with Crippen LogP contribution < -0.4 is 0 Å². The van der Waals surface area contributed by atoms with E-state index in [0.29, 0.717) is 0 Å². The Bertz CT molecular complexity index is 512. The highest BCUT2D eigenvalue weighted by Crippen LogP contribution is 2.27. The van der Waals surface area contributed by atoms with Crippen molar-refractivity contribution in [3.63, 3.8) is 0 Å². The molecule has 0 saturated heterocycles. The second kappa shape index (κ2) is 6.71. The maximum Gasteiger partial charge on any atom is 0.0465 e. The number of rotatable bonds is 5. The SMILES string of the molecule is OCC(Cc1ccccc1Cl)Cc1sccc1Br. The zero-order valence-electron chi connectivity index (χ0n) is 9.77. The molecule has 4 heteroatoms. The number of benzene rings is 1. The molecule has 2 aromatic rings. The van der Waals surface area contributed by atoms with E-state index in [0.717, 1.165) is 27.9 Å². The average Bonchev–Trinajstić information content (AvgIpc) is 2.77. The number of halogens is 2. The molecule has 0 saturated carbocycles. The van der Waals surface area contributed by atoms with E-state index < -0.39 is 0 Å². The summed E-state index contributed by atoms with van der Waals surface area (Å²) in [7, 11) is 0. The van der Waals surface area contributed by atoms with Crippen LogP contribution in [0.1, 0.15) is 10.4 Å². The second-order valence-corrected chi connectivity index (χ2v) is 6.50. The van der Waals surface area contributed by atoms with Crippen LogP contribution in [0.15, 0.2) is 40.2 Å². The third-order valence-electron chi connectivity index (χ3n) is 2.89. The van der Waals surface area contributed by atoms with Gasteiger partial charge in [0.25, 0.3) is 0 Å². The highest BCUT2D eigenvalue weighted by Gasteiger charge is 2.14. The summed E-state index contributed by atoms with van der Waals surface area (Å²) in [5, 5.41) is 12.4. The van der Waals surface area contributed by atoms with Gasteiger partial charge in [-0.2, -0.15) is 0 Å². The summed E-state index contributed by atoms with van der Waals surface area (Å²) < 4.78 is 1.13. The van der Waals surface area contributed by atoms with Gasteiger partial charge in [-0.05, 0) is 57.8 Å². The van der Waals surface area contributed by atoms with Crippen LogP contribution in [0.5, 0.6) is 0 Å². The summed E-state index contributed by atoms with van der Waals surface area (Å²) in [6.45, 7) is 0.176. The van der Waals surface area contributed by atoms with Gasteiger partial charge in [0.1, 0.15) is 0 Å². The predicted octanol–water partition coefficient (Wildman–Crippen LogP) is 4.56. The Morgan fingerprint density at radius 3 is 2.61 bits per heavy atom. The molecule has 1 heterocycles. The fraction of sp³-hybridized carbons (Fsp3) is 0.286. The third kappa shape index (κ3) is 3.58. The Balaban J connectivity index is 2.06. The highest BCUT2D eigenvalue weighted by molar-refractivity contribution is 9.10. The van der Waals surface area contributed by atoms with Crippen molar-refractivity contribution >= 4 is 38.9 Å². The van der Waals surface area contributed by atoms with Crippen molar-refractivity contribution in [2.24, 2.45) is 5.92 Å². The van der Waals surface area contributed by atoms with E-state index in [2.05, 4.69) is 21.3 Å². The molecule has 0 aliphatic heterocycles. The van der Waals surface area contributed by atoms with Gasteiger partial charge in [0.2, 0.25) is 0 Å². The van der Waals surface area contributed by atoms with E-state index in [1.54, 1.807) is 11.3 Å². The van der Waals surface area contributed by atoms with Gasteiger partial charge in [-0.25, -0.2) is 0 Å². The van der Waals surface area contributed by atoms with E-state index in [-0.39, 0.29) is 12.5 Å². The Morgan fingerprint density at radius 2 is 2.00 bits per heavy atom. The maximum absolute atomic E-state index is 9.51. The number of hydrogen-bond donors (Lipinski definition) is 1. The van der Waals surface area contributed by atoms with Crippen LogP contribution in [-0.2, 0) is 12.8 Å². The minimum atomic E-state index is 0.176. The van der Waals surface area contributed by atoms with Gasteiger partial charge in [0, 0.05) is 21.0 Å². The zero-order chi connectivity index (χ0) is 13.0. The lowest BCUT2D eigenvalue weighted by molar-refractivity contribution is 0.225. The third-order valence-corrected chi connectivity index (χ3v) is 5.21. The molecular formula is C14H14BrClOS. The summed E-state index contributed by atoms with van der Waals surface area (Å²) >= 11 is 11.4. The number of aliphatic hydroxyl groups is 1. The Hall–Kier alpha value is -0.350. The molecule has 2 rings (SSSR count). The van der Waals surface area contributed by atoms with Gasteiger partial charge in [-0.3, -0.25) is 0 Å². The van der Waals surface area contributed by atoms with Gasteiger partial charge in [-0.15, -0.1) is 11.3 Å². The monoisotopic (exact) mass is 344 g/mol. The summed E-state index contributed by atoms with van der Waals surface area (Å²) in [5.74, 6) is 0.208. The fourth-order valence-electron chi connectivity index (χ4n) is 1.91. The molecule has 18 heavy (non-hydrogen) atoms. The van der Waals surface area contributed by atoms with Crippen molar-refractivity contribution in [2.45, 2.75) is 12.8 Å². The molecule has 1 unspecified atom stereocenters. The van der Waals surface area contributed by atoms with Crippen molar-refractivity contribution in [3.05, 3.63) is 55.6 Å². The van der Waals surface area contributed by atoms with Crippen molar-refractivity contribution in [1.82, 2.24) is 0 Å². The molecule has 1 aromatic heterocycles. The highest BCUT2D eigenvalue weighted by atomic mass is 79.9. The van der Waals surface area contributed by atoms with Crippen molar-refractivity contribution in [1.29, 1.82) is 0 Å².